The molecule has 0 saturated carbocycles. The molecule has 0 amide bonds. The average Bonchev–Trinajstić information content (AvgIpc) is 2.61. The number of ether oxygens (including phenoxy) is 2. The molecule has 6 heteroatoms. The van der Waals surface area contributed by atoms with Gasteiger partial charge in [-0.3, -0.25) is 10.1 Å². The molecule has 6 nitrogen and oxygen atoms in total. The highest BCUT2D eigenvalue weighted by molar-refractivity contribution is 5.54. The number of rotatable bonds is 8. The predicted octanol–water partition coefficient (Wildman–Crippen LogP) is 2.22. The first-order valence-corrected chi connectivity index (χ1v) is 7.85. The van der Waals surface area contributed by atoms with Crippen molar-refractivity contribution < 1.29 is 19.3 Å². The lowest BCUT2D eigenvalue weighted by molar-refractivity contribution is -0.925. The van der Waals surface area contributed by atoms with Crippen LogP contribution in [0.2, 0.25) is 0 Å². The molecule has 2 rings (SSSR count). The van der Waals surface area contributed by atoms with Crippen molar-refractivity contribution >= 4 is 5.69 Å². The van der Waals surface area contributed by atoms with Crippen molar-refractivity contribution in [3.8, 4) is 11.5 Å². The molecule has 2 aromatic carbocycles. The molecule has 1 unspecified atom stereocenters. The zero-order chi connectivity index (χ0) is 17.5. The Morgan fingerprint density at radius 3 is 2.21 bits per heavy atom. The molecular weight excluding hydrogens is 308 g/mol. The summed E-state index contributed by atoms with van der Waals surface area (Å²) in [7, 11) is 3.00. The van der Waals surface area contributed by atoms with Crippen molar-refractivity contribution in [2.75, 3.05) is 20.8 Å². The van der Waals surface area contributed by atoms with Crippen LogP contribution in [0.5, 0.6) is 11.5 Å². The molecule has 0 saturated heterocycles. The van der Waals surface area contributed by atoms with Gasteiger partial charge in [-0.15, -0.1) is 0 Å². The number of methoxy groups -OCH3 is 2. The maximum absolute atomic E-state index is 11.4. The molecule has 0 aliphatic heterocycles. The Kier molecular flexibility index (Phi) is 6.14. The molecule has 1 N–H and O–H groups in total. The van der Waals surface area contributed by atoms with E-state index in [1.54, 1.807) is 6.07 Å². The van der Waals surface area contributed by atoms with Gasteiger partial charge in [-0.2, -0.15) is 0 Å². The van der Waals surface area contributed by atoms with Crippen LogP contribution in [0.25, 0.3) is 0 Å². The first-order valence-electron chi connectivity index (χ1n) is 7.85. The quantitative estimate of drug-likeness (QED) is 0.595. The SMILES string of the molecule is CC[NH+](Cc1ccccc1)Cc1cc(OC)c(OC)cc1[N+](=O)[O-]. The van der Waals surface area contributed by atoms with E-state index < -0.39 is 0 Å². The second-order valence-electron chi connectivity index (χ2n) is 5.54. The number of nitro benzene ring substituents is 1. The molecule has 0 aliphatic carbocycles. The summed E-state index contributed by atoms with van der Waals surface area (Å²) >= 11 is 0. The lowest BCUT2D eigenvalue weighted by atomic mass is 10.1. The van der Waals surface area contributed by atoms with Gasteiger partial charge >= 0.3 is 0 Å². The molecule has 24 heavy (non-hydrogen) atoms. The third-order valence-corrected chi connectivity index (χ3v) is 4.02. The van der Waals surface area contributed by atoms with Crippen LogP contribution in [0.15, 0.2) is 42.5 Å². The van der Waals surface area contributed by atoms with Gasteiger partial charge in [0, 0.05) is 5.56 Å². The first-order chi connectivity index (χ1) is 11.6. The van der Waals surface area contributed by atoms with Gasteiger partial charge in [0.25, 0.3) is 5.69 Å². The van der Waals surface area contributed by atoms with E-state index in [0.717, 1.165) is 13.1 Å². The molecule has 0 radical (unpaired) electrons. The number of quaternary nitrogens is 1. The van der Waals surface area contributed by atoms with Crippen LogP contribution in [0.1, 0.15) is 18.1 Å². The third kappa shape index (κ3) is 4.23. The van der Waals surface area contributed by atoms with Crippen molar-refractivity contribution in [2.45, 2.75) is 20.0 Å². The molecule has 1 atom stereocenters. The summed E-state index contributed by atoms with van der Waals surface area (Å²) in [6, 6.07) is 13.3. The molecule has 0 spiro atoms. The van der Waals surface area contributed by atoms with Crippen LogP contribution in [-0.2, 0) is 13.1 Å². The van der Waals surface area contributed by atoms with Crippen molar-refractivity contribution in [3.63, 3.8) is 0 Å². The van der Waals surface area contributed by atoms with E-state index in [-0.39, 0.29) is 10.6 Å². The van der Waals surface area contributed by atoms with Crippen LogP contribution in [-0.4, -0.2) is 25.7 Å². The summed E-state index contributed by atoms with van der Waals surface area (Å²) in [5.74, 6) is 0.877. The maximum atomic E-state index is 11.4. The van der Waals surface area contributed by atoms with Gasteiger partial charge in [-0.25, -0.2) is 0 Å². The summed E-state index contributed by atoms with van der Waals surface area (Å²) in [5.41, 5.74) is 1.91. The van der Waals surface area contributed by atoms with Gasteiger partial charge in [0.2, 0.25) is 0 Å². The Balaban J connectivity index is 2.30. The Morgan fingerprint density at radius 2 is 1.67 bits per heavy atom. The van der Waals surface area contributed by atoms with E-state index in [4.69, 9.17) is 9.47 Å². The fourth-order valence-electron chi connectivity index (χ4n) is 2.69. The summed E-state index contributed by atoms with van der Waals surface area (Å²) in [4.78, 5) is 12.3. The van der Waals surface area contributed by atoms with Gasteiger partial charge in [0.15, 0.2) is 11.5 Å². The van der Waals surface area contributed by atoms with Gasteiger partial charge < -0.3 is 14.4 Å². The fraction of sp³-hybridized carbons (Fsp3) is 0.333. The Bertz CT molecular complexity index is 689. The number of nitrogens with zero attached hydrogens (tertiary/aromatic N) is 1. The van der Waals surface area contributed by atoms with Crippen molar-refractivity contribution in [3.05, 3.63) is 63.7 Å². The number of hydrogen-bond donors (Lipinski definition) is 1. The second-order valence-corrected chi connectivity index (χ2v) is 5.54. The van der Waals surface area contributed by atoms with Crippen LogP contribution < -0.4 is 14.4 Å². The highest BCUT2D eigenvalue weighted by Crippen LogP contribution is 2.34. The van der Waals surface area contributed by atoms with E-state index >= 15 is 0 Å². The molecule has 2 aromatic rings. The molecule has 0 bridgehead atoms. The van der Waals surface area contributed by atoms with Crippen LogP contribution in [0.3, 0.4) is 0 Å². The molecular formula is C18H23N2O4+. The minimum atomic E-state index is -0.368. The fourth-order valence-corrected chi connectivity index (χ4v) is 2.69. The number of hydrogen-bond acceptors (Lipinski definition) is 4. The maximum Gasteiger partial charge on any atom is 0.282 e. The molecule has 0 aromatic heterocycles. The number of nitrogens with one attached hydrogen (secondary N) is 1. The van der Waals surface area contributed by atoms with E-state index in [2.05, 4.69) is 19.1 Å². The van der Waals surface area contributed by atoms with Gasteiger partial charge in [0.05, 0.1) is 37.3 Å². The Labute approximate surface area is 141 Å². The van der Waals surface area contributed by atoms with Crippen LogP contribution in [0, 0.1) is 10.1 Å². The van der Waals surface area contributed by atoms with Gasteiger partial charge in [-0.1, -0.05) is 30.3 Å². The van der Waals surface area contributed by atoms with Crippen molar-refractivity contribution in [1.82, 2.24) is 0 Å². The summed E-state index contributed by atoms with van der Waals surface area (Å²) in [6.45, 7) is 4.29. The van der Waals surface area contributed by atoms with Gasteiger partial charge in [0.1, 0.15) is 13.1 Å². The summed E-state index contributed by atoms with van der Waals surface area (Å²) in [6.07, 6.45) is 0. The highest BCUT2D eigenvalue weighted by Gasteiger charge is 2.22. The normalized spacial score (nSPS) is 11.8. The lowest BCUT2D eigenvalue weighted by Crippen LogP contribution is -3.09. The second kappa shape index (κ2) is 8.31. The Morgan fingerprint density at radius 1 is 1.04 bits per heavy atom. The van der Waals surface area contributed by atoms with Crippen LogP contribution >= 0.6 is 0 Å². The summed E-state index contributed by atoms with van der Waals surface area (Å²) in [5, 5.41) is 11.4. The molecule has 0 fully saturated rings. The van der Waals surface area contributed by atoms with Crippen molar-refractivity contribution in [1.29, 1.82) is 0 Å². The first kappa shape index (κ1) is 17.7. The monoisotopic (exact) mass is 331 g/mol. The molecule has 0 aliphatic rings. The molecule has 0 heterocycles. The zero-order valence-electron chi connectivity index (χ0n) is 14.2. The van der Waals surface area contributed by atoms with Crippen molar-refractivity contribution in [2.24, 2.45) is 0 Å². The van der Waals surface area contributed by atoms with E-state index in [0.29, 0.717) is 23.6 Å². The van der Waals surface area contributed by atoms with E-state index in [1.165, 1.54) is 30.7 Å². The lowest BCUT2D eigenvalue weighted by Gasteiger charge is -2.18. The number of benzene rings is 2. The topological polar surface area (TPSA) is 66.0 Å². The van der Waals surface area contributed by atoms with E-state index in [1.807, 2.05) is 18.2 Å². The van der Waals surface area contributed by atoms with Crippen LogP contribution in [0.4, 0.5) is 5.69 Å². The minimum absolute atomic E-state index is 0.0617. The smallest absolute Gasteiger partial charge is 0.282 e. The van der Waals surface area contributed by atoms with Gasteiger partial charge in [-0.05, 0) is 13.0 Å². The average molecular weight is 331 g/mol. The third-order valence-electron chi connectivity index (χ3n) is 4.02. The molecule has 128 valence electrons. The number of nitro groups is 1. The summed E-state index contributed by atoms with van der Waals surface area (Å²) < 4.78 is 10.5. The predicted molar refractivity (Wildman–Crippen MR) is 91.6 cm³/mol. The highest BCUT2D eigenvalue weighted by atomic mass is 16.6. The minimum Gasteiger partial charge on any atom is -0.493 e. The zero-order valence-corrected chi connectivity index (χ0v) is 14.2. The Hall–Kier alpha value is -2.60. The van der Waals surface area contributed by atoms with E-state index in [9.17, 15) is 10.1 Å². The standard InChI is InChI=1S/C18H22N2O4/c1-4-19(12-14-8-6-5-7-9-14)13-15-10-17(23-2)18(24-3)11-16(15)20(21)22/h5-11H,4,12-13H2,1-3H3/p+1. The largest absolute Gasteiger partial charge is 0.493 e.